The predicted octanol–water partition coefficient (Wildman–Crippen LogP) is 2.06. The van der Waals surface area contributed by atoms with Gasteiger partial charge in [-0.1, -0.05) is 12.1 Å². The minimum absolute atomic E-state index is 0.0761. The van der Waals surface area contributed by atoms with Crippen molar-refractivity contribution in [2.24, 2.45) is 5.92 Å². The molecular formula is C14H17NO4. The first-order valence-corrected chi connectivity index (χ1v) is 6.24. The number of ether oxygens (including phenoxy) is 1. The van der Waals surface area contributed by atoms with Gasteiger partial charge in [0.1, 0.15) is 0 Å². The van der Waals surface area contributed by atoms with Gasteiger partial charge < -0.3 is 15.2 Å². The smallest absolute Gasteiger partial charge is 0.338 e. The Balaban J connectivity index is 2.17. The molecule has 1 amide bonds. The molecule has 0 saturated carbocycles. The van der Waals surface area contributed by atoms with E-state index in [0.717, 1.165) is 0 Å². The van der Waals surface area contributed by atoms with Crippen molar-refractivity contribution in [2.75, 3.05) is 11.9 Å². The van der Waals surface area contributed by atoms with Crippen LogP contribution in [0.25, 0.3) is 0 Å². The van der Waals surface area contributed by atoms with Crippen LogP contribution < -0.4 is 5.32 Å². The molecule has 102 valence electrons. The van der Waals surface area contributed by atoms with E-state index in [2.05, 4.69) is 5.32 Å². The number of hydrogen-bond donors (Lipinski definition) is 2. The molecule has 1 aromatic carbocycles. The van der Waals surface area contributed by atoms with Crippen LogP contribution in [0.4, 0.5) is 5.69 Å². The van der Waals surface area contributed by atoms with E-state index >= 15 is 0 Å². The predicted molar refractivity (Wildman–Crippen MR) is 70.3 cm³/mol. The van der Waals surface area contributed by atoms with Crippen molar-refractivity contribution in [1.29, 1.82) is 0 Å². The lowest BCUT2D eigenvalue weighted by atomic mass is 10.0. The summed E-state index contributed by atoms with van der Waals surface area (Å²) < 4.78 is 5.35. The molecule has 0 bridgehead atoms. The normalized spacial score (nSPS) is 22.2. The van der Waals surface area contributed by atoms with Crippen LogP contribution in [0.3, 0.4) is 0 Å². The van der Waals surface area contributed by atoms with Crippen molar-refractivity contribution in [3.63, 3.8) is 0 Å². The van der Waals surface area contributed by atoms with Gasteiger partial charge in [0.2, 0.25) is 5.91 Å². The SMILES string of the molecule is Cc1cccc(NC(=O)C2COC(C)C2)c1C(=O)O. The van der Waals surface area contributed by atoms with Gasteiger partial charge in [-0.05, 0) is 31.9 Å². The van der Waals surface area contributed by atoms with Crippen molar-refractivity contribution < 1.29 is 19.4 Å². The second kappa shape index (κ2) is 5.40. The summed E-state index contributed by atoms with van der Waals surface area (Å²) in [5.74, 6) is -1.43. The highest BCUT2D eigenvalue weighted by Crippen LogP contribution is 2.24. The van der Waals surface area contributed by atoms with Gasteiger partial charge in [-0.3, -0.25) is 4.79 Å². The molecule has 5 nitrogen and oxygen atoms in total. The standard InChI is InChI=1S/C14H17NO4/c1-8-4-3-5-11(12(8)14(17)18)15-13(16)10-6-9(2)19-7-10/h3-5,9-10H,6-7H2,1-2H3,(H,15,16)(H,17,18). The Kier molecular flexibility index (Phi) is 3.85. The van der Waals surface area contributed by atoms with Gasteiger partial charge in [0.25, 0.3) is 0 Å². The van der Waals surface area contributed by atoms with Crippen LogP contribution in [0.5, 0.6) is 0 Å². The summed E-state index contributed by atoms with van der Waals surface area (Å²) in [6.07, 6.45) is 0.743. The average molecular weight is 263 g/mol. The van der Waals surface area contributed by atoms with Crippen LogP contribution in [0, 0.1) is 12.8 Å². The van der Waals surface area contributed by atoms with E-state index in [4.69, 9.17) is 4.74 Å². The topological polar surface area (TPSA) is 75.6 Å². The number of benzene rings is 1. The number of nitrogens with one attached hydrogen (secondary N) is 1. The lowest BCUT2D eigenvalue weighted by Crippen LogP contribution is -2.24. The summed E-state index contributed by atoms with van der Waals surface area (Å²) in [5, 5.41) is 11.9. The zero-order valence-corrected chi connectivity index (χ0v) is 11.0. The van der Waals surface area contributed by atoms with Crippen LogP contribution in [-0.2, 0) is 9.53 Å². The van der Waals surface area contributed by atoms with Gasteiger partial charge in [0, 0.05) is 0 Å². The zero-order chi connectivity index (χ0) is 14.0. The Labute approximate surface area is 111 Å². The summed E-state index contributed by atoms with van der Waals surface area (Å²) in [7, 11) is 0. The highest BCUT2D eigenvalue weighted by atomic mass is 16.5. The molecule has 0 radical (unpaired) electrons. The molecule has 1 aliphatic rings. The molecule has 0 spiro atoms. The molecule has 1 aromatic rings. The average Bonchev–Trinajstić information content (AvgIpc) is 2.75. The van der Waals surface area contributed by atoms with Crippen molar-refractivity contribution in [3.8, 4) is 0 Å². The first kappa shape index (κ1) is 13.5. The first-order chi connectivity index (χ1) is 8.99. The third-order valence-corrected chi connectivity index (χ3v) is 3.31. The third kappa shape index (κ3) is 2.93. The summed E-state index contributed by atoms with van der Waals surface area (Å²) in [5.41, 5.74) is 1.11. The minimum atomic E-state index is -1.04. The van der Waals surface area contributed by atoms with Crippen molar-refractivity contribution in [3.05, 3.63) is 29.3 Å². The molecule has 1 aliphatic heterocycles. The number of carbonyl (C=O) groups excluding carboxylic acids is 1. The maximum Gasteiger partial charge on any atom is 0.338 e. The molecular weight excluding hydrogens is 246 g/mol. The highest BCUT2D eigenvalue weighted by molar-refractivity contribution is 6.02. The Morgan fingerprint density at radius 3 is 2.74 bits per heavy atom. The zero-order valence-electron chi connectivity index (χ0n) is 11.0. The molecule has 19 heavy (non-hydrogen) atoms. The van der Waals surface area contributed by atoms with E-state index in [1.165, 1.54) is 0 Å². The number of amides is 1. The fourth-order valence-electron chi connectivity index (χ4n) is 2.29. The number of anilines is 1. The maximum atomic E-state index is 12.1. The van der Waals surface area contributed by atoms with Crippen LogP contribution in [0.15, 0.2) is 18.2 Å². The van der Waals surface area contributed by atoms with Crippen molar-refractivity contribution >= 4 is 17.6 Å². The number of carboxylic acid groups (broad SMARTS) is 1. The van der Waals surface area contributed by atoms with Crippen LogP contribution >= 0.6 is 0 Å². The minimum Gasteiger partial charge on any atom is -0.478 e. The number of rotatable bonds is 3. The summed E-state index contributed by atoms with van der Waals surface area (Å²) in [4.78, 5) is 23.3. The Morgan fingerprint density at radius 1 is 1.42 bits per heavy atom. The molecule has 2 atom stereocenters. The number of hydrogen-bond acceptors (Lipinski definition) is 3. The van der Waals surface area contributed by atoms with E-state index in [1.54, 1.807) is 25.1 Å². The Hall–Kier alpha value is -1.88. The van der Waals surface area contributed by atoms with Crippen molar-refractivity contribution in [1.82, 2.24) is 0 Å². The van der Waals surface area contributed by atoms with Gasteiger partial charge in [0.15, 0.2) is 0 Å². The Bertz CT molecular complexity index is 512. The molecule has 1 fully saturated rings. The molecule has 2 unspecified atom stereocenters. The van der Waals surface area contributed by atoms with Gasteiger partial charge in [-0.15, -0.1) is 0 Å². The lowest BCUT2D eigenvalue weighted by Gasteiger charge is -2.13. The van der Waals surface area contributed by atoms with Crippen molar-refractivity contribution in [2.45, 2.75) is 26.4 Å². The maximum absolute atomic E-state index is 12.1. The summed E-state index contributed by atoms with van der Waals surface area (Å²) in [6.45, 7) is 4.02. The van der Waals surface area contributed by atoms with E-state index in [-0.39, 0.29) is 23.5 Å². The molecule has 1 heterocycles. The molecule has 2 rings (SSSR count). The molecule has 0 aromatic heterocycles. The van der Waals surface area contributed by atoms with E-state index in [1.807, 2.05) is 6.92 Å². The van der Waals surface area contributed by atoms with Gasteiger partial charge >= 0.3 is 5.97 Å². The largest absolute Gasteiger partial charge is 0.478 e. The number of aryl methyl sites for hydroxylation is 1. The van der Waals surface area contributed by atoms with Gasteiger partial charge in [-0.2, -0.15) is 0 Å². The third-order valence-electron chi connectivity index (χ3n) is 3.31. The van der Waals surface area contributed by atoms with Crippen LogP contribution in [0.1, 0.15) is 29.3 Å². The monoisotopic (exact) mass is 263 g/mol. The molecule has 1 saturated heterocycles. The quantitative estimate of drug-likeness (QED) is 0.875. The van der Waals surface area contributed by atoms with Gasteiger partial charge in [0.05, 0.1) is 29.9 Å². The molecule has 0 aliphatic carbocycles. The van der Waals surface area contributed by atoms with E-state index in [9.17, 15) is 14.7 Å². The first-order valence-electron chi connectivity index (χ1n) is 6.24. The number of carbonyl (C=O) groups is 2. The highest BCUT2D eigenvalue weighted by Gasteiger charge is 2.29. The fraction of sp³-hybridized carbons (Fsp3) is 0.429. The Morgan fingerprint density at radius 2 is 2.16 bits per heavy atom. The van der Waals surface area contributed by atoms with Crippen LogP contribution in [0.2, 0.25) is 0 Å². The second-order valence-corrected chi connectivity index (χ2v) is 4.87. The second-order valence-electron chi connectivity index (χ2n) is 4.87. The fourth-order valence-corrected chi connectivity index (χ4v) is 2.29. The molecule has 5 heteroatoms. The van der Waals surface area contributed by atoms with E-state index < -0.39 is 5.97 Å². The van der Waals surface area contributed by atoms with E-state index in [0.29, 0.717) is 24.3 Å². The number of carboxylic acids is 1. The lowest BCUT2D eigenvalue weighted by molar-refractivity contribution is -0.119. The molecule has 2 N–H and O–H groups in total. The van der Waals surface area contributed by atoms with Gasteiger partial charge in [-0.25, -0.2) is 4.79 Å². The summed E-state index contributed by atoms with van der Waals surface area (Å²) >= 11 is 0. The van der Waals surface area contributed by atoms with Crippen LogP contribution in [-0.4, -0.2) is 29.7 Å². The number of aromatic carboxylic acids is 1. The summed E-state index contributed by atoms with van der Waals surface area (Å²) in [6, 6.07) is 5.04.